The molecule has 31 heavy (non-hydrogen) atoms. The third kappa shape index (κ3) is 4.39. The summed E-state index contributed by atoms with van der Waals surface area (Å²) in [5.74, 6) is -0.548. The number of benzene rings is 2. The minimum absolute atomic E-state index is 0.0845. The highest BCUT2D eigenvalue weighted by Gasteiger charge is 2.31. The molecule has 1 aromatic heterocycles. The highest BCUT2D eigenvalue weighted by molar-refractivity contribution is 7.91. The lowest BCUT2D eigenvalue weighted by Crippen LogP contribution is -2.29. The van der Waals surface area contributed by atoms with E-state index in [1.54, 1.807) is 36.0 Å². The molecule has 0 fully saturated rings. The maximum Gasteiger partial charge on any atom is 0.237 e. The fourth-order valence-corrected chi connectivity index (χ4v) is 5.82. The lowest BCUT2D eigenvalue weighted by molar-refractivity contribution is -0.115. The summed E-state index contributed by atoms with van der Waals surface area (Å²) in [5.41, 5.74) is 4.90. The first-order valence-corrected chi connectivity index (χ1v) is 12.7. The minimum Gasteiger partial charge on any atom is -0.325 e. The third-order valence-electron chi connectivity index (χ3n) is 5.53. The van der Waals surface area contributed by atoms with Crippen molar-refractivity contribution in [1.82, 2.24) is 9.88 Å². The van der Waals surface area contributed by atoms with Crippen LogP contribution in [0.2, 0.25) is 0 Å². The number of hydrogen-bond acceptors (Lipinski definition) is 7. The van der Waals surface area contributed by atoms with Gasteiger partial charge in [0, 0.05) is 24.0 Å². The summed E-state index contributed by atoms with van der Waals surface area (Å²) in [6, 6.07) is 10.2. The highest BCUT2D eigenvalue weighted by atomic mass is 32.2. The zero-order valence-corrected chi connectivity index (χ0v) is 19.0. The summed E-state index contributed by atoms with van der Waals surface area (Å²) in [6.07, 6.45) is 1.62. The van der Waals surface area contributed by atoms with Crippen LogP contribution in [-0.2, 0) is 14.6 Å². The van der Waals surface area contributed by atoms with E-state index in [-0.39, 0.29) is 16.6 Å². The zero-order chi connectivity index (χ0) is 22.0. The van der Waals surface area contributed by atoms with E-state index in [4.69, 9.17) is 0 Å². The molecule has 162 valence electrons. The number of hydrogen-bond donors (Lipinski definition) is 1. The Morgan fingerprint density at radius 2 is 1.90 bits per heavy atom. The van der Waals surface area contributed by atoms with E-state index in [0.717, 1.165) is 34.6 Å². The first-order chi connectivity index (χ1) is 14.9. The van der Waals surface area contributed by atoms with Crippen molar-refractivity contribution in [3.05, 3.63) is 47.5 Å². The van der Waals surface area contributed by atoms with Crippen molar-refractivity contribution < 1.29 is 13.2 Å². The standard InChI is InChI=1S/C22H24N4O3S2/c1-3-26(4-2)11-12-31(28,29)16-7-5-15(6-8-16)23-13-17-20-18(25-22(17)27)9-10-19-21(20)30-14-24-19/h5-10,13-14,17H,3-4,11-12H2,1-2H3,(H,25,27). The van der Waals surface area contributed by atoms with Crippen molar-refractivity contribution in [2.24, 2.45) is 4.99 Å². The predicted octanol–water partition coefficient (Wildman–Crippen LogP) is 3.85. The number of rotatable bonds is 8. The first kappa shape index (κ1) is 21.6. The van der Waals surface area contributed by atoms with Crippen LogP contribution in [0.1, 0.15) is 25.3 Å². The molecule has 1 amide bonds. The van der Waals surface area contributed by atoms with E-state index in [1.165, 1.54) is 11.3 Å². The molecule has 4 rings (SSSR count). The lowest BCUT2D eigenvalue weighted by Gasteiger charge is -2.17. The van der Waals surface area contributed by atoms with Gasteiger partial charge in [0.15, 0.2) is 9.84 Å². The van der Waals surface area contributed by atoms with Crippen molar-refractivity contribution in [2.75, 3.05) is 30.7 Å². The summed E-state index contributed by atoms with van der Waals surface area (Å²) < 4.78 is 26.2. The maximum atomic E-state index is 12.6. The quantitative estimate of drug-likeness (QED) is 0.520. The summed E-state index contributed by atoms with van der Waals surface area (Å²) >= 11 is 1.50. The molecule has 0 aliphatic carbocycles. The average molecular weight is 457 g/mol. The molecule has 1 aliphatic rings. The molecule has 1 aliphatic heterocycles. The summed E-state index contributed by atoms with van der Waals surface area (Å²) in [4.78, 5) is 23.6. The molecule has 0 radical (unpaired) electrons. The number of amides is 1. The van der Waals surface area contributed by atoms with Gasteiger partial charge in [0.05, 0.1) is 32.1 Å². The van der Waals surface area contributed by atoms with Gasteiger partial charge in [-0.3, -0.25) is 9.79 Å². The molecule has 0 saturated carbocycles. The van der Waals surface area contributed by atoms with Gasteiger partial charge in [-0.1, -0.05) is 13.8 Å². The number of fused-ring (bicyclic) bond motifs is 3. The Hall–Kier alpha value is -2.62. The number of anilines is 1. The Morgan fingerprint density at radius 3 is 2.61 bits per heavy atom. The summed E-state index contributed by atoms with van der Waals surface area (Å²) in [7, 11) is -3.35. The molecule has 2 aromatic carbocycles. The number of carbonyl (C=O) groups is 1. The van der Waals surface area contributed by atoms with Crippen molar-refractivity contribution in [2.45, 2.75) is 24.7 Å². The summed E-state index contributed by atoms with van der Waals surface area (Å²) in [5, 5.41) is 2.89. The van der Waals surface area contributed by atoms with Crippen molar-refractivity contribution in [3.63, 3.8) is 0 Å². The lowest BCUT2D eigenvalue weighted by atomic mass is 10.0. The number of thiazole rings is 1. The molecule has 1 unspecified atom stereocenters. The Bertz CT molecular complexity index is 1230. The van der Waals surface area contributed by atoms with Crippen LogP contribution in [0.15, 0.2) is 51.8 Å². The van der Waals surface area contributed by atoms with Gasteiger partial charge in [0.25, 0.3) is 0 Å². The van der Waals surface area contributed by atoms with Crippen LogP contribution >= 0.6 is 11.3 Å². The van der Waals surface area contributed by atoms with Crippen LogP contribution in [0.4, 0.5) is 11.4 Å². The van der Waals surface area contributed by atoms with Crippen molar-refractivity contribution in [1.29, 1.82) is 0 Å². The highest BCUT2D eigenvalue weighted by Crippen LogP contribution is 2.39. The molecule has 1 atom stereocenters. The van der Waals surface area contributed by atoms with Crippen LogP contribution in [0, 0.1) is 0 Å². The van der Waals surface area contributed by atoms with Crippen LogP contribution in [0.25, 0.3) is 10.2 Å². The molecule has 9 heteroatoms. The van der Waals surface area contributed by atoms with Gasteiger partial charge in [-0.15, -0.1) is 11.3 Å². The topological polar surface area (TPSA) is 91.7 Å². The van der Waals surface area contributed by atoms with Gasteiger partial charge in [-0.2, -0.15) is 0 Å². The van der Waals surface area contributed by atoms with Gasteiger partial charge >= 0.3 is 0 Å². The van der Waals surface area contributed by atoms with E-state index in [0.29, 0.717) is 12.2 Å². The molecule has 1 N–H and O–H groups in total. The molecule has 0 spiro atoms. The van der Waals surface area contributed by atoms with E-state index >= 15 is 0 Å². The van der Waals surface area contributed by atoms with E-state index in [1.807, 2.05) is 26.0 Å². The second kappa shape index (κ2) is 8.86. The molecular formula is C22H24N4O3S2. The normalized spacial score (nSPS) is 16.4. The maximum absolute atomic E-state index is 12.6. The second-order valence-electron chi connectivity index (χ2n) is 7.31. The smallest absolute Gasteiger partial charge is 0.237 e. The van der Waals surface area contributed by atoms with E-state index in [2.05, 4.69) is 20.2 Å². The monoisotopic (exact) mass is 456 g/mol. The molecule has 7 nitrogen and oxygen atoms in total. The fraction of sp³-hybridized carbons (Fsp3) is 0.318. The Morgan fingerprint density at radius 1 is 1.16 bits per heavy atom. The van der Waals surface area contributed by atoms with E-state index < -0.39 is 15.8 Å². The van der Waals surface area contributed by atoms with Crippen LogP contribution in [0.5, 0.6) is 0 Å². The van der Waals surface area contributed by atoms with Gasteiger partial charge < -0.3 is 10.2 Å². The average Bonchev–Trinajstić information content (AvgIpc) is 3.36. The number of carbonyl (C=O) groups excluding carboxylic acids is 1. The molecule has 0 bridgehead atoms. The van der Waals surface area contributed by atoms with Crippen LogP contribution < -0.4 is 5.32 Å². The Labute approximate surface area is 185 Å². The first-order valence-electron chi connectivity index (χ1n) is 10.2. The predicted molar refractivity (Wildman–Crippen MR) is 125 cm³/mol. The number of nitrogens with zero attached hydrogens (tertiary/aromatic N) is 3. The fourth-order valence-electron chi connectivity index (χ4n) is 3.66. The Kier molecular flexibility index (Phi) is 6.17. The molecule has 3 aromatic rings. The summed E-state index contributed by atoms with van der Waals surface area (Å²) in [6.45, 7) is 6.20. The third-order valence-corrected chi connectivity index (χ3v) is 8.11. The minimum atomic E-state index is -3.35. The van der Waals surface area contributed by atoms with E-state index in [9.17, 15) is 13.2 Å². The second-order valence-corrected chi connectivity index (χ2v) is 10.3. The van der Waals surface area contributed by atoms with Crippen LogP contribution in [0.3, 0.4) is 0 Å². The number of aromatic nitrogens is 1. The largest absolute Gasteiger partial charge is 0.325 e. The van der Waals surface area contributed by atoms with Gasteiger partial charge in [-0.05, 0) is 49.5 Å². The van der Waals surface area contributed by atoms with Crippen molar-refractivity contribution >= 4 is 54.9 Å². The van der Waals surface area contributed by atoms with Gasteiger partial charge in [-0.25, -0.2) is 13.4 Å². The SMILES string of the molecule is CCN(CC)CCS(=O)(=O)c1ccc(N=CC2C(=O)Nc3ccc4ncsc4c32)cc1. The number of aliphatic imine (C=N–C) groups is 1. The van der Waals surface area contributed by atoms with Gasteiger partial charge in [0.1, 0.15) is 5.92 Å². The molecule has 2 heterocycles. The number of nitrogens with one attached hydrogen (secondary N) is 1. The Balaban J connectivity index is 1.51. The zero-order valence-electron chi connectivity index (χ0n) is 17.4. The van der Waals surface area contributed by atoms with Crippen molar-refractivity contribution in [3.8, 4) is 0 Å². The number of sulfone groups is 1. The van der Waals surface area contributed by atoms with Gasteiger partial charge in [0.2, 0.25) is 5.91 Å². The molecular weight excluding hydrogens is 432 g/mol. The van der Waals surface area contributed by atoms with Crippen LogP contribution in [-0.4, -0.2) is 55.8 Å². The molecule has 0 saturated heterocycles.